The number of hydrogen-bond acceptors (Lipinski definition) is 5. The van der Waals surface area contributed by atoms with Crippen LogP contribution in [0, 0.1) is 0 Å². The summed E-state index contributed by atoms with van der Waals surface area (Å²) in [5, 5.41) is 0. The van der Waals surface area contributed by atoms with Crippen molar-refractivity contribution >= 4 is 5.69 Å². The van der Waals surface area contributed by atoms with Crippen LogP contribution in [0.25, 0.3) is 0 Å². The predicted octanol–water partition coefficient (Wildman–Crippen LogP) is 2.02. The Morgan fingerprint density at radius 2 is 1.57 bits per heavy atom. The van der Waals surface area contributed by atoms with Gasteiger partial charge in [-0.1, -0.05) is 12.1 Å². The van der Waals surface area contributed by atoms with Gasteiger partial charge in [0, 0.05) is 40.5 Å². The molecular weight excluding hydrogens is 268 g/mol. The molecule has 5 heteroatoms. The lowest BCUT2D eigenvalue weighted by Gasteiger charge is -2.21. The van der Waals surface area contributed by atoms with Gasteiger partial charge in [-0.15, -0.1) is 0 Å². The number of methoxy groups -OCH3 is 2. The van der Waals surface area contributed by atoms with E-state index in [-0.39, 0.29) is 0 Å². The normalized spacial score (nSPS) is 11.0. The lowest BCUT2D eigenvalue weighted by molar-refractivity contribution is 0.128. The molecule has 1 aromatic rings. The summed E-state index contributed by atoms with van der Waals surface area (Å²) in [6, 6.07) is 7.59. The van der Waals surface area contributed by atoms with Gasteiger partial charge in [-0.05, 0) is 25.0 Å². The maximum atomic E-state index is 5.84. The van der Waals surface area contributed by atoms with Gasteiger partial charge >= 0.3 is 0 Å². The van der Waals surface area contributed by atoms with Crippen LogP contribution in [0.1, 0.15) is 12.8 Å². The summed E-state index contributed by atoms with van der Waals surface area (Å²) in [6.45, 7) is 5.15. The highest BCUT2D eigenvalue weighted by Crippen LogP contribution is 2.19. The van der Waals surface area contributed by atoms with E-state index in [1.54, 1.807) is 14.2 Å². The summed E-state index contributed by atoms with van der Waals surface area (Å²) < 4.78 is 16.0. The Morgan fingerprint density at radius 1 is 0.905 bits per heavy atom. The van der Waals surface area contributed by atoms with Crippen LogP contribution < -0.4 is 10.5 Å². The number of hydrogen-bond donors (Lipinski definition) is 1. The molecule has 0 aliphatic carbocycles. The van der Waals surface area contributed by atoms with Gasteiger partial charge in [0.2, 0.25) is 0 Å². The maximum absolute atomic E-state index is 5.84. The van der Waals surface area contributed by atoms with Crippen LogP contribution in [0.5, 0.6) is 5.75 Å². The average Bonchev–Trinajstić information content (AvgIpc) is 2.50. The largest absolute Gasteiger partial charge is 0.491 e. The molecule has 0 heterocycles. The van der Waals surface area contributed by atoms with E-state index in [9.17, 15) is 0 Å². The Morgan fingerprint density at radius 3 is 2.24 bits per heavy atom. The topological polar surface area (TPSA) is 57.0 Å². The molecule has 0 aliphatic heterocycles. The SMILES string of the molecule is COCCCN(CCCOc1ccccc1N)CCOC. The monoisotopic (exact) mass is 296 g/mol. The van der Waals surface area contributed by atoms with E-state index in [4.69, 9.17) is 19.9 Å². The van der Waals surface area contributed by atoms with Crippen molar-refractivity contribution in [3.05, 3.63) is 24.3 Å². The molecule has 0 saturated heterocycles. The number of ether oxygens (including phenoxy) is 3. The van der Waals surface area contributed by atoms with Gasteiger partial charge in [0.05, 0.1) is 18.9 Å². The van der Waals surface area contributed by atoms with Crippen molar-refractivity contribution < 1.29 is 14.2 Å². The van der Waals surface area contributed by atoms with Crippen LogP contribution in [0.15, 0.2) is 24.3 Å². The van der Waals surface area contributed by atoms with Crippen molar-refractivity contribution in [2.24, 2.45) is 0 Å². The first-order valence-electron chi connectivity index (χ1n) is 7.45. The van der Waals surface area contributed by atoms with Crippen LogP contribution in [0.3, 0.4) is 0 Å². The summed E-state index contributed by atoms with van der Waals surface area (Å²) in [7, 11) is 3.46. The van der Waals surface area contributed by atoms with Crippen molar-refractivity contribution in [3.8, 4) is 5.75 Å². The van der Waals surface area contributed by atoms with E-state index in [1.165, 1.54) is 0 Å². The number of benzene rings is 1. The Kier molecular flexibility index (Phi) is 9.61. The zero-order chi connectivity index (χ0) is 15.3. The van der Waals surface area contributed by atoms with Crippen LogP contribution in [0.4, 0.5) is 5.69 Å². The van der Waals surface area contributed by atoms with Crippen molar-refractivity contribution in [1.82, 2.24) is 4.90 Å². The van der Waals surface area contributed by atoms with Gasteiger partial charge in [-0.3, -0.25) is 0 Å². The zero-order valence-electron chi connectivity index (χ0n) is 13.2. The highest BCUT2D eigenvalue weighted by molar-refractivity contribution is 5.51. The second kappa shape index (κ2) is 11.4. The lowest BCUT2D eigenvalue weighted by atomic mass is 10.3. The molecule has 0 aromatic heterocycles. The van der Waals surface area contributed by atoms with Crippen molar-refractivity contribution in [1.29, 1.82) is 0 Å². The number of nitrogen functional groups attached to an aromatic ring is 1. The van der Waals surface area contributed by atoms with Gasteiger partial charge in [0.15, 0.2) is 0 Å². The summed E-state index contributed by atoms with van der Waals surface area (Å²) in [6.07, 6.45) is 2.00. The fraction of sp³-hybridized carbons (Fsp3) is 0.625. The fourth-order valence-electron chi connectivity index (χ4n) is 2.07. The Bertz CT molecular complexity index is 374. The number of para-hydroxylation sites is 2. The van der Waals surface area contributed by atoms with E-state index in [0.717, 1.165) is 51.4 Å². The first-order valence-corrected chi connectivity index (χ1v) is 7.45. The molecule has 0 unspecified atom stereocenters. The molecule has 5 nitrogen and oxygen atoms in total. The van der Waals surface area contributed by atoms with Crippen LogP contribution in [0.2, 0.25) is 0 Å². The third-order valence-corrected chi connectivity index (χ3v) is 3.23. The molecule has 0 radical (unpaired) electrons. The minimum atomic E-state index is 0.669. The molecule has 0 atom stereocenters. The number of rotatable bonds is 12. The quantitative estimate of drug-likeness (QED) is 0.472. The minimum absolute atomic E-state index is 0.669. The summed E-state index contributed by atoms with van der Waals surface area (Å²) in [5.74, 6) is 0.764. The van der Waals surface area contributed by atoms with E-state index >= 15 is 0 Å². The number of anilines is 1. The highest BCUT2D eigenvalue weighted by Gasteiger charge is 2.05. The summed E-state index contributed by atoms with van der Waals surface area (Å²) in [4.78, 5) is 2.38. The zero-order valence-corrected chi connectivity index (χ0v) is 13.2. The number of nitrogens with zero attached hydrogens (tertiary/aromatic N) is 1. The molecule has 120 valence electrons. The first-order chi connectivity index (χ1) is 10.3. The Labute approximate surface area is 128 Å². The minimum Gasteiger partial charge on any atom is -0.491 e. The van der Waals surface area contributed by atoms with Gasteiger partial charge in [-0.25, -0.2) is 0 Å². The third-order valence-electron chi connectivity index (χ3n) is 3.23. The first kappa shape index (κ1) is 17.8. The van der Waals surface area contributed by atoms with Gasteiger partial charge in [0.25, 0.3) is 0 Å². The Hall–Kier alpha value is -1.30. The smallest absolute Gasteiger partial charge is 0.142 e. The maximum Gasteiger partial charge on any atom is 0.142 e. The van der Waals surface area contributed by atoms with Crippen LogP contribution in [-0.4, -0.2) is 58.6 Å². The molecule has 1 rings (SSSR count). The predicted molar refractivity (Wildman–Crippen MR) is 85.8 cm³/mol. The van der Waals surface area contributed by atoms with Crippen LogP contribution >= 0.6 is 0 Å². The van der Waals surface area contributed by atoms with Gasteiger partial charge in [0.1, 0.15) is 5.75 Å². The van der Waals surface area contributed by atoms with E-state index in [2.05, 4.69) is 4.90 Å². The van der Waals surface area contributed by atoms with E-state index < -0.39 is 0 Å². The van der Waals surface area contributed by atoms with E-state index in [0.29, 0.717) is 12.3 Å². The van der Waals surface area contributed by atoms with Crippen molar-refractivity contribution in [2.45, 2.75) is 12.8 Å². The van der Waals surface area contributed by atoms with E-state index in [1.807, 2.05) is 24.3 Å². The molecule has 0 spiro atoms. The molecule has 0 aliphatic rings. The summed E-state index contributed by atoms with van der Waals surface area (Å²) >= 11 is 0. The van der Waals surface area contributed by atoms with Gasteiger partial charge in [-0.2, -0.15) is 0 Å². The molecule has 0 fully saturated rings. The fourth-order valence-corrected chi connectivity index (χ4v) is 2.07. The highest BCUT2D eigenvalue weighted by atomic mass is 16.5. The van der Waals surface area contributed by atoms with Crippen LogP contribution in [-0.2, 0) is 9.47 Å². The molecule has 0 bridgehead atoms. The molecule has 21 heavy (non-hydrogen) atoms. The third kappa shape index (κ3) is 7.90. The standard InChI is InChI=1S/C16H28N2O3/c1-19-12-5-9-18(11-14-20-2)10-6-13-21-16-8-4-3-7-15(16)17/h3-4,7-8H,5-6,9-14,17H2,1-2H3. The molecule has 0 saturated carbocycles. The number of nitrogens with two attached hydrogens (primary N) is 1. The van der Waals surface area contributed by atoms with Crippen molar-refractivity contribution in [3.63, 3.8) is 0 Å². The second-order valence-corrected chi connectivity index (χ2v) is 4.92. The molecule has 0 amide bonds. The molecule has 2 N–H and O–H groups in total. The summed E-state index contributed by atoms with van der Waals surface area (Å²) in [5.41, 5.74) is 6.53. The van der Waals surface area contributed by atoms with Crippen molar-refractivity contribution in [2.75, 3.05) is 59.4 Å². The second-order valence-electron chi connectivity index (χ2n) is 4.92. The molecule has 1 aromatic carbocycles. The molecular formula is C16H28N2O3. The lowest BCUT2D eigenvalue weighted by Crippen LogP contribution is -2.31. The average molecular weight is 296 g/mol. The van der Waals surface area contributed by atoms with Gasteiger partial charge < -0.3 is 24.8 Å². The Balaban J connectivity index is 2.23.